The van der Waals surface area contributed by atoms with Crippen molar-refractivity contribution in [3.63, 3.8) is 0 Å². The third kappa shape index (κ3) is 6.35. The molecule has 0 saturated carbocycles. The largest absolute Gasteiger partial charge is 0.480 e. The number of piperazine rings is 1. The van der Waals surface area contributed by atoms with Crippen molar-refractivity contribution in [2.45, 2.75) is 38.8 Å². The molecule has 0 bridgehead atoms. The van der Waals surface area contributed by atoms with E-state index in [1.807, 2.05) is 18.4 Å². The Hall–Kier alpha value is -2.29. The first-order chi connectivity index (χ1) is 14.4. The second-order valence-corrected chi connectivity index (χ2v) is 8.71. The van der Waals surface area contributed by atoms with Crippen molar-refractivity contribution >= 4 is 23.2 Å². The lowest BCUT2D eigenvalue weighted by Gasteiger charge is -2.32. The van der Waals surface area contributed by atoms with Crippen molar-refractivity contribution in [2.75, 3.05) is 33.2 Å². The molecule has 1 atom stereocenters. The van der Waals surface area contributed by atoms with Crippen LogP contribution >= 0.6 is 11.3 Å². The van der Waals surface area contributed by atoms with E-state index in [0.717, 1.165) is 43.3 Å². The number of carbonyl (C=O) groups excluding carboxylic acids is 1. The van der Waals surface area contributed by atoms with Crippen LogP contribution in [0.25, 0.3) is 10.6 Å². The van der Waals surface area contributed by atoms with Gasteiger partial charge in [0.05, 0.1) is 12.1 Å². The Morgan fingerprint density at radius 2 is 2.03 bits per heavy atom. The van der Waals surface area contributed by atoms with E-state index in [2.05, 4.69) is 45.3 Å². The van der Waals surface area contributed by atoms with Crippen LogP contribution in [0, 0.1) is 0 Å². The van der Waals surface area contributed by atoms with E-state index >= 15 is 0 Å². The number of amides is 1. The van der Waals surface area contributed by atoms with Gasteiger partial charge in [-0.25, -0.2) is 9.78 Å². The molecule has 162 valence electrons. The Balaban J connectivity index is 1.60. The van der Waals surface area contributed by atoms with Gasteiger partial charge in [-0.3, -0.25) is 9.69 Å². The number of aliphatic carboxylic acids is 1. The molecule has 1 aliphatic heterocycles. The average molecular weight is 431 g/mol. The van der Waals surface area contributed by atoms with Crippen LogP contribution in [-0.2, 0) is 22.6 Å². The number of nitrogens with zero attached hydrogens (tertiary/aromatic N) is 3. The van der Waals surface area contributed by atoms with Crippen molar-refractivity contribution in [1.29, 1.82) is 0 Å². The molecule has 2 heterocycles. The lowest BCUT2D eigenvalue weighted by molar-refractivity contribution is -0.141. The van der Waals surface area contributed by atoms with Crippen LogP contribution in [0.2, 0.25) is 0 Å². The van der Waals surface area contributed by atoms with Crippen molar-refractivity contribution in [2.24, 2.45) is 0 Å². The highest BCUT2D eigenvalue weighted by Gasteiger charge is 2.20. The van der Waals surface area contributed by atoms with Gasteiger partial charge in [0.1, 0.15) is 11.0 Å². The summed E-state index contributed by atoms with van der Waals surface area (Å²) in [5, 5.41) is 14.5. The number of aromatic nitrogens is 1. The summed E-state index contributed by atoms with van der Waals surface area (Å²) in [6.07, 6.45) is 1.21. The highest BCUT2D eigenvalue weighted by Crippen LogP contribution is 2.25. The topological polar surface area (TPSA) is 85.8 Å². The quantitative estimate of drug-likeness (QED) is 0.636. The average Bonchev–Trinajstić information content (AvgIpc) is 3.18. The molecule has 1 saturated heterocycles. The van der Waals surface area contributed by atoms with Crippen LogP contribution in [0.4, 0.5) is 0 Å². The third-order valence-electron chi connectivity index (χ3n) is 5.28. The molecule has 2 aromatic rings. The molecule has 1 fully saturated rings. The van der Waals surface area contributed by atoms with Gasteiger partial charge in [0.15, 0.2) is 0 Å². The Bertz CT molecular complexity index is 862. The standard InChI is InChI=1S/C22H30N4O3S/c1-3-5-19(22(28)29)24-20(27)13-18-15-30-21(23-18)17-7-4-6-16(12-17)14-26-10-8-25(2)9-11-26/h4,6-7,12,15,19H,3,5,8-11,13-14H2,1-2H3,(H,24,27)(H,28,29). The predicted octanol–water partition coefficient (Wildman–Crippen LogP) is 2.47. The molecular formula is C22H30N4O3S. The van der Waals surface area contributed by atoms with Gasteiger partial charge >= 0.3 is 5.97 Å². The van der Waals surface area contributed by atoms with Gasteiger partial charge in [-0.05, 0) is 25.1 Å². The molecule has 1 aromatic carbocycles. The Kier molecular flexibility index (Phi) is 7.95. The molecule has 1 unspecified atom stereocenters. The number of likely N-dealkylation sites (N-methyl/N-ethyl adjacent to an activating group) is 1. The molecule has 0 radical (unpaired) electrons. The van der Waals surface area contributed by atoms with E-state index in [1.54, 1.807) is 0 Å². The highest BCUT2D eigenvalue weighted by atomic mass is 32.1. The number of thiazole rings is 1. The summed E-state index contributed by atoms with van der Waals surface area (Å²) in [6, 6.07) is 7.56. The van der Waals surface area contributed by atoms with Crippen molar-refractivity contribution in [1.82, 2.24) is 20.1 Å². The normalized spacial score (nSPS) is 16.3. The van der Waals surface area contributed by atoms with Crippen LogP contribution in [0.3, 0.4) is 0 Å². The number of hydrogen-bond donors (Lipinski definition) is 2. The lowest BCUT2D eigenvalue weighted by Crippen LogP contribution is -2.43. The number of nitrogens with one attached hydrogen (secondary N) is 1. The molecule has 0 spiro atoms. The number of carboxylic acids is 1. The van der Waals surface area contributed by atoms with Gasteiger partial charge in [-0.1, -0.05) is 31.5 Å². The van der Waals surface area contributed by atoms with Crippen LogP contribution in [-0.4, -0.2) is 71.0 Å². The fourth-order valence-corrected chi connectivity index (χ4v) is 4.36. The van der Waals surface area contributed by atoms with Crippen molar-refractivity contribution < 1.29 is 14.7 Å². The number of carboxylic acid groups (broad SMARTS) is 1. The second-order valence-electron chi connectivity index (χ2n) is 7.85. The maximum absolute atomic E-state index is 12.2. The predicted molar refractivity (Wildman–Crippen MR) is 119 cm³/mol. The smallest absolute Gasteiger partial charge is 0.326 e. The van der Waals surface area contributed by atoms with E-state index in [9.17, 15) is 14.7 Å². The maximum Gasteiger partial charge on any atom is 0.326 e. The van der Waals surface area contributed by atoms with Gasteiger partial charge in [-0.15, -0.1) is 11.3 Å². The first-order valence-corrected chi connectivity index (χ1v) is 11.3. The first kappa shape index (κ1) is 22.4. The zero-order valence-corrected chi connectivity index (χ0v) is 18.5. The van der Waals surface area contributed by atoms with Gasteiger partial charge < -0.3 is 15.3 Å². The van der Waals surface area contributed by atoms with Gasteiger partial charge in [0.25, 0.3) is 0 Å². The fraction of sp³-hybridized carbons (Fsp3) is 0.500. The minimum absolute atomic E-state index is 0.0883. The van der Waals surface area contributed by atoms with Crippen molar-refractivity contribution in [3.8, 4) is 10.6 Å². The van der Waals surface area contributed by atoms with Gasteiger partial charge in [-0.2, -0.15) is 0 Å². The van der Waals surface area contributed by atoms with E-state index < -0.39 is 12.0 Å². The Morgan fingerprint density at radius 1 is 1.27 bits per heavy atom. The summed E-state index contributed by atoms with van der Waals surface area (Å²) in [6.45, 7) is 7.17. The van der Waals surface area contributed by atoms with E-state index in [4.69, 9.17) is 0 Å². The summed E-state index contributed by atoms with van der Waals surface area (Å²) in [4.78, 5) is 32.9. The van der Waals surface area contributed by atoms with Gasteiger partial charge in [0.2, 0.25) is 5.91 Å². The summed E-state index contributed by atoms with van der Waals surface area (Å²) in [5.41, 5.74) is 2.97. The number of benzene rings is 1. The molecule has 3 rings (SSSR count). The van der Waals surface area contributed by atoms with E-state index in [1.165, 1.54) is 16.9 Å². The maximum atomic E-state index is 12.2. The summed E-state index contributed by atoms with van der Waals surface area (Å²) in [5.74, 6) is -1.31. The second kappa shape index (κ2) is 10.7. The molecule has 0 aliphatic carbocycles. The molecule has 1 aromatic heterocycles. The number of rotatable bonds is 9. The van der Waals surface area contributed by atoms with E-state index in [0.29, 0.717) is 18.5 Å². The van der Waals surface area contributed by atoms with Crippen LogP contribution in [0.1, 0.15) is 31.0 Å². The summed E-state index contributed by atoms with van der Waals surface area (Å²) < 4.78 is 0. The zero-order valence-electron chi connectivity index (χ0n) is 17.6. The Labute approximate surface area is 181 Å². The minimum atomic E-state index is -0.999. The Morgan fingerprint density at radius 3 is 2.73 bits per heavy atom. The van der Waals surface area contributed by atoms with Gasteiger partial charge in [0, 0.05) is 43.7 Å². The molecular weight excluding hydrogens is 400 g/mol. The molecule has 2 N–H and O–H groups in total. The molecule has 1 aliphatic rings. The van der Waals surface area contributed by atoms with Crippen LogP contribution in [0.15, 0.2) is 29.6 Å². The molecule has 7 nitrogen and oxygen atoms in total. The number of carbonyl (C=O) groups is 2. The van der Waals surface area contributed by atoms with Crippen LogP contribution < -0.4 is 5.32 Å². The lowest BCUT2D eigenvalue weighted by atomic mass is 10.1. The van der Waals surface area contributed by atoms with Crippen molar-refractivity contribution in [3.05, 3.63) is 40.9 Å². The summed E-state index contributed by atoms with van der Waals surface area (Å²) >= 11 is 1.51. The fourth-order valence-electron chi connectivity index (χ4n) is 3.54. The zero-order chi connectivity index (χ0) is 21.5. The van der Waals surface area contributed by atoms with E-state index in [-0.39, 0.29) is 12.3 Å². The monoisotopic (exact) mass is 430 g/mol. The number of hydrogen-bond acceptors (Lipinski definition) is 6. The SMILES string of the molecule is CCCC(NC(=O)Cc1csc(-c2cccc(CN3CCN(C)CC3)c2)n1)C(=O)O. The molecule has 8 heteroatoms. The molecule has 30 heavy (non-hydrogen) atoms. The van der Waals surface area contributed by atoms with Crippen LogP contribution in [0.5, 0.6) is 0 Å². The summed E-state index contributed by atoms with van der Waals surface area (Å²) in [7, 11) is 2.16. The minimum Gasteiger partial charge on any atom is -0.480 e. The first-order valence-electron chi connectivity index (χ1n) is 10.4. The molecule has 1 amide bonds. The highest BCUT2D eigenvalue weighted by molar-refractivity contribution is 7.13. The third-order valence-corrected chi connectivity index (χ3v) is 6.22.